The van der Waals surface area contributed by atoms with E-state index in [2.05, 4.69) is 22.6 Å². The monoisotopic (exact) mass is 380 g/mol. The Balaban J connectivity index is 0.000000880. The lowest BCUT2D eigenvalue weighted by Crippen LogP contribution is -2.38. The van der Waals surface area contributed by atoms with Gasteiger partial charge in [0.1, 0.15) is 12.0 Å². The molecule has 0 atom stereocenters. The Hall–Kier alpha value is -1.67. The zero-order valence-corrected chi connectivity index (χ0v) is 15.7. The maximum atomic E-state index is 11.9. The Labute approximate surface area is 156 Å². The summed E-state index contributed by atoms with van der Waals surface area (Å²) in [4.78, 5) is 13.0. The van der Waals surface area contributed by atoms with Gasteiger partial charge in [-0.15, -0.1) is 22.8 Å². The van der Waals surface area contributed by atoms with E-state index in [1.165, 1.54) is 29.7 Å². The number of urea groups is 1. The predicted molar refractivity (Wildman–Crippen MR) is 100 cm³/mol. The van der Waals surface area contributed by atoms with E-state index in [0.717, 1.165) is 16.3 Å². The molecular weight excluding hydrogens is 360 g/mol. The number of benzene rings is 1. The fourth-order valence-corrected chi connectivity index (χ4v) is 3.89. The molecule has 1 saturated heterocycles. The molecule has 1 aliphatic heterocycles. The predicted octanol–water partition coefficient (Wildman–Crippen LogP) is 4.58. The molecule has 1 aliphatic carbocycles. The van der Waals surface area contributed by atoms with Crippen LogP contribution in [0.15, 0.2) is 39.8 Å². The van der Waals surface area contributed by atoms with Crippen molar-refractivity contribution in [3.05, 3.63) is 46.9 Å². The van der Waals surface area contributed by atoms with Crippen LogP contribution in [-0.2, 0) is 5.75 Å². The maximum Gasteiger partial charge on any atom is 0.353 e. The second-order valence-electron chi connectivity index (χ2n) is 5.49. The van der Waals surface area contributed by atoms with Gasteiger partial charge in [0.15, 0.2) is 0 Å². The average molecular weight is 381 g/mol. The van der Waals surface area contributed by atoms with Crippen molar-refractivity contribution in [1.82, 2.24) is 16.5 Å². The molecule has 2 aromatic rings. The number of halogens is 1. The lowest BCUT2D eigenvalue weighted by Gasteiger charge is -2.19. The Kier molecular flexibility index (Phi) is 5.90. The van der Waals surface area contributed by atoms with Crippen LogP contribution in [0.25, 0.3) is 0 Å². The number of thioether (sulfide) groups is 1. The van der Waals surface area contributed by atoms with Crippen LogP contribution in [-0.4, -0.2) is 6.03 Å². The van der Waals surface area contributed by atoms with E-state index >= 15 is 0 Å². The third-order valence-electron chi connectivity index (χ3n) is 3.80. The van der Waals surface area contributed by atoms with Gasteiger partial charge in [-0.25, -0.2) is 9.80 Å². The summed E-state index contributed by atoms with van der Waals surface area (Å²) in [5.41, 5.74) is 10.1. The van der Waals surface area contributed by atoms with Gasteiger partial charge in [0.25, 0.3) is 0 Å². The summed E-state index contributed by atoms with van der Waals surface area (Å²) in [7, 11) is 0. The number of rotatable bonds is 5. The number of carbonyl (C=O) groups excluding carboxylic acids is 1. The van der Waals surface area contributed by atoms with Gasteiger partial charge < -0.3 is 4.42 Å². The van der Waals surface area contributed by atoms with Gasteiger partial charge in [-0.3, -0.25) is 5.43 Å². The van der Waals surface area contributed by atoms with Gasteiger partial charge in [-0.05, 0) is 36.5 Å². The number of hydrogen-bond acceptors (Lipinski definition) is 5. The highest BCUT2D eigenvalue weighted by atomic mass is 35.5. The van der Waals surface area contributed by atoms with E-state index in [1.54, 1.807) is 11.8 Å². The molecule has 1 aromatic heterocycles. The summed E-state index contributed by atoms with van der Waals surface area (Å²) in [5.74, 6) is 2.05. The van der Waals surface area contributed by atoms with Crippen LogP contribution < -0.4 is 21.5 Å². The largest absolute Gasteiger partial charge is 0.467 e. The highest BCUT2D eigenvalue weighted by Crippen LogP contribution is 2.47. The van der Waals surface area contributed by atoms with Crippen molar-refractivity contribution in [1.29, 1.82) is 0 Å². The molecule has 2 amide bonds. The smallest absolute Gasteiger partial charge is 0.353 e. The summed E-state index contributed by atoms with van der Waals surface area (Å²) >= 11 is 7.56. The Morgan fingerprint density at radius 3 is 2.76 bits per heavy atom. The first-order valence-corrected chi connectivity index (χ1v) is 9.68. The van der Waals surface area contributed by atoms with Gasteiger partial charge in [0.2, 0.25) is 0 Å². The van der Waals surface area contributed by atoms with E-state index in [4.69, 9.17) is 16.0 Å². The molecule has 4 rings (SSSR count). The molecule has 0 spiro atoms. The van der Waals surface area contributed by atoms with Crippen molar-refractivity contribution in [2.45, 2.75) is 43.3 Å². The van der Waals surface area contributed by atoms with Crippen LogP contribution in [0.1, 0.15) is 43.9 Å². The number of hydrazine groups is 3. The Morgan fingerprint density at radius 2 is 2.16 bits per heavy atom. The summed E-state index contributed by atoms with van der Waals surface area (Å²) in [6, 6.07) is 7.64. The minimum atomic E-state index is -0.235. The van der Waals surface area contributed by atoms with Crippen molar-refractivity contribution >= 4 is 35.1 Å². The maximum absolute atomic E-state index is 11.9. The fraction of sp³-hybridized carbons (Fsp3) is 0.353. The standard InChI is InChI=1S/C15H15ClN4O2S.C2H6/c16-10-6-11(22-7-10)8-23-14-12(9-4-5-9)2-1-3-13(14)20-15(21)17-18-19-20;1-2/h1-3,6-7,9,18-19H,4-5,8H2,(H,17,21);1-2H3. The molecule has 2 heterocycles. The second-order valence-corrected chi connectivity index (χ2v) is 6.91. The van der Waals surface area contributed by atoms with Crippen molar-refractivity contribution in [3.63, 3.8) is 0 Å². The lowest BCUT2D eigenvalue weighted by atomic mass is 10.1. The number of carbonyl (C=O) groups is 1. The van der Waals surface area contributed by atoms with Gasteiger partial charge in [0.05, 0.1) is 16.5 Å². The molecule has 2 aliphatic rings. The summed E-state index contributed by atoms with van der Waals surface area (Å²) in [6.07, 6.45) is 3.92. The van der Waals surface area contributed by atoms with Crippen LogP contribution in [0.4, 0.5) is 10.5 Å². The summed E-state index contributed by atoms with van der Waals surface area (Å²) in [5, 5.41) is 2.07. The molecule has 0 radical (unpaired) electrons. The van der Waals surface area contributed by atoms with Crippen molar-refractivity contribution in [2.24, 2.45) is 0 Å². The molecule has 0 bridgehead atoms. The third-order valence-corrected chi connectivity index (χ3v) is 5.16. The number of furan rings is 1. The Morgan fingerprint density at radius 1 is 1.36 bits per heavy atom. The quantitative estimate of drug-likeness (QED) is 0.662. The third kappa shape index (κ3) is 4.12. The average Bonchev–Trinajstić information content (AvgIpc) is 3.27. The molecule has 1 aromatic carbocycles. The molecule has 8 heteroatoms. The SMILES string of the molecule is CC.O=C1NNNN1c1cccc(C2CC2)c1SCc1cc(Cl)co1. The zero-order chi connectivity index (χ0) is 17.8. The number of nitrogens with one attached hydrogen (secondary N) is 3. The number of amides is 2. The normalized spacial score (nSPS) is 16.4. The van der Waals surface area contributed by atoms with Crippen molar-refractivity contribution < 1.29 is 9.21 Å². The van der Waals surface area contributed by atoms with E-state index < -0.39 is 0 Å². The highest BCUT2D eigenvalue weighted by Gasteiger charge is 2.31. The summed E-state index contributed by atoms with van der Waals surface area (Å²) in [6.45, 7) is 4.00. The fourth-order valence-electron chi connectivity index (χ4n) is 2.58. The number of anilines is 1. The van der Waals surface area contributed by atoms with E-state index in [9.17, 15) is 4.79 Å². The van der Waals surface area contributed by atoms with Gasteiger partial charge in [0, 0.05) is 4.90 Å². The molecular formula is C17H21ClN4O2S. The van der Waals surface area contributed by atoms with Crippen LogP contribution in [0, 0.1) is 0 Å². The van der Waals surface area contributed by atoms with Gasteiger partial charge >= 0.3 is 6.03 Å². The van der Waals surface area contributed by atoms with Crippen molar-refractivity contribution in [2.75, 3.05) is 5.01 Å². The van der Waals surface area contributed by atoms with E-state index in [1.807, 2.05) is 32.0 Å². The van der Waals surface area contributed by atoms with Crippen LogP contribution in [0.3, 0.4) is 0 Å². The Bertz CT molecular complexity index is 748. The van der Waals surface area contributed by atoms with Crippen LogP contribution in [0.5, 0.6) is 0 Å². The van der Waals surface area contributed by atoms with Crippen molar-refractivity contribution in [3.8, 4) is 0 Å². The first-order chi connectivity index (χ1) is 12.2. The minimum absolute atomic E-state index is 0.235. The van der Waals surface area contributed by atoms with E-state index in [0.29, 0.717) is 16.7 Å². The lowest BCUT2D eigenvalue weighted by molar-refractivity contribution is 0.250. The molecule has 1 saturated carbocycles. The highest BCUT2D eigenvalue weighted by molar-refractivity contribution is 7.98. The molecule has 0 unspecified atom stereocenters. The second kappa shape index (κ2) is 8.14. The van der Waals surface area contributed by atoms with Crippen LogP contribution >= 0.6 is 23.4 Å². The van der Waals surface area contributed by atoms with Gasteiger partial charge in [-0.2, -0.15) is 0 Å². The topological polar surface area (TPSA) is 69.5 Å². The molecule has 6 nitrogen and oxygen atoms in total. The van der Waals surface area contributed by atoms with Crippen LogP contribution in [0.2, 0.25) is 5.02 Å². The number of hydrogen-bond donors (Lipinski definition) is 3. The first kappa shape index (κ1) is 18.1. The minimum Gasteiger partial charge on any atom is -0.467 e. The first-order valence-electron chi connectivity index (χ1n) is 8.32. The molecule has 134 valence electrons. The zero-order valence-electron chi connectivity index (χ0n) is 14.1. The summed E-state index contributed by atoms with van der Waals surface area (Å²) < 4.78 is 5.41. The van der Waals surface area contributed by atoms with Gasteiger partial charge in [-0.1, -0.05) is 37.6 Å². The van der Waals surface area contributed by atoms with E-state index in [-0.39, 0.29) is 6.03 Å². The molecule has 3 N–H and O–H groups in total. The number of nitrogens with zero attached hydrogens (tertiary/aromatic N) is 1. The molecule has 2 fully saturated rings. The molecule has 25 heavy (non-hydrogen) atoms.